The summed E-state index contributed by atoms with van der Waals surface area (Å²) in [6.45, 7) is 10.4. The number of hydrogen-bond acceptors (Lipinski definition) is 8. The van der Waals surface area contributed by atoms with Gasteiger partial charge < -0.3 is 40.2 Å². The van der Waals surface area contributed by atoms with E-state index in [0.717, 1.165) is 57.4 Å². The van der Waals surface area contributed by atoms with Crippen molar-refractivity contribution in [3.63, 3.8) is 0 Å². The van der Waals surface area contributed by atoms with Gasteiger partial charge in [-0.25, -0.2) is 14.6 Å². The molecule has 2 fully saturated rings. The van der Waals surface area contributed by atoms with Gasteiger partial charge >= 0.3 is 12.2 Å². The topological polar surface area (TPSA) is 175 Å². The van der Waals surface area contributed by atoms with E-state index in [-0.39, 0.29) is 41.6 Å². The summed E-state index contributed by atoms with van der Waals surface area (Å²) < 4.78 is 9.47. The Bertz CT molecular complexity index is 2130. The second-order valence-corrected chi connectivity index (χ2v) is 15.9. The molecule has 4 N–H and O–H groups in total. The lowest BCUT2D eigenvalue weighted by atomic mass is 9.97. The van der Waals surface area contributed by atoms with Crippen molar-refractivity contribution in [3.05, 3.63) is 78.2 Å². The zero-order valence-corrected chi connectivity index (χ0v) is 34.3. The predicted molar refractivity (Wildman–Crippen MR) is 220 cm³/mol. The van der Waals surface area contributed by atoms with Gasteiger partial charge in [-0.05, 0) is 84.0 Å². The van der Waals surface area contributed by atoms with Crippen molar-refractivity contribution in [1.82, 2.24) is 35.7 Å². The number of aromatic amines is 1. The molecule has 0 saturated carbocycles. The second-order valence-electron chi connectivity index (χ2n) is 15.9. The number of nitrogens with zero attached hydrogens (tertiary/aromatic N) is 3. The highest BCUT2D eigenvalue weighted by atomic mass is 16.5. The van der Waals surface area contributed by atoms with Gasteiger partial charge in [-0.2, -0.15) is 0 Å². The number of carbonyl (C=O) groups is 5. The van der Waals surface area contributed by atoms with Crippen molar-refractivity contribution in [2.45, 2.75) is 90.5 Å². The molecule has 14 heteroatoms. The summed E-state index contributed by atoms with van der Waals surface area (Å²) in [5, 5.41) is 10.6. The molecule has 3 aromatic carbocycles. The third-order valence-corrected chi connectivity index (χ3v) is 11.3. The summed E-state index contributed by atoms with van der Waals surface area (Å²) in [5.74, 6) is -0.224. The molecule has 4 aromatic rings. The van der Waals surface area contributed by atoms with Gasteiger partial charge in [-0.1, -0.05) is 76.2 Å². The van der Waals surface area contributed by atoms with Crippen LogP contribution in [0.25, 0.3) is 33.2 Å². The number of nitrogens with one attached hydrogen (secondary N) is 4. The van der Waals surface area contributed by atoms with E-state index in [9.17, 15) is 24.0 Å². The largest absolute Gasteiger partial charge is 0.453 e. The van der Waals surface area contributed by atoms with E-state index in [1.165, 1.54) is 14.2 Å². The van der Waals surface area contributed by atoms with Crippen molar-refractivity contribution in [2.24, 2.45) is 11.8 Å². The van der Waals surface area contributed by atoms with Crippen LogP contribution in [0.5, 0.6) is 0 Å². The fraction of sp³-hybridized carbons (Fsp3) is 0.455. The summed E-state index contributed by atoms with van der Waals surface area (Å²) in [6, 6.07) is 18.1. The fourth-order valence-electron chi connectivity index (χ4n) is 7.98. The number of likely N-dealkylation sites (tertiary alicyclic amines) is 2. The van der Waals surface area contributed by atoms with Gasteiger partial charge in [0.25, 0.3) is 0 Å². The normalized spacial score (nSPS) is 18.2. The van der Waals surface area contributed by atoms with Crippen molar-refractivity contribution in [2.75, 3.05) is 27.3 Å². The predicted octanol–water partition coefficient (Wildman–Crippen LogP) is 6.49. The molecule has 3 heterocycles. The molecule has 0 unspecified atom stereocenters. The lowest BCUT2D eigenvalue weighted by Crippen LogP contribution is -2.55. The second kappa shape index (κ2) is 18.1. The molecule has 58 heavy (non-hydrogen) atoms. The molecule has 2 saturated heterocycles. The molecule has 1 aromatic heterocycles. The van der Waals surface area contributed by atoms with Crippen LogP contribution in [0.3, 0.4) is 0 Å². The SMILES string of the molecule is COC(=O)N[C@H](C(=O)N1CCC[C@H]1C(=O)N[C@@H](C)c1ccc(-c2ccc3cc(-c4cnc([C@@H]5CCCN5C(=O)[C@@H](NC(=O)OC)C(C)C)[nH]4)ccc3c2)cc1)C(C)C. The number of fused-ring (bicyclic) bond motifs is 1. The Hall–Kier alpha value is -5.92. The number of amides is 5. The highest BCUT2D eigenvalue weighted by molar-refractivity contribution is 5.93. The minimum Gasteiger partial charge on any atom is -0.453 e. The number of ether oxygens (including phenoxy) is 2. The molecule has 0 aliphatic carbocycles. The van der Waals surface area contributed by atoms with Crippen LogP contribution >= 0.6 is 0 Å². The van der Waals surface area contributed by atoms with E-state index >= 15 is 0 Å². The molecule has 308 valence electrons. The molecule has 14 nitrogen and oxygen atoms in total. The van der Waals surface area contributed by atoms with Crippen molar-refractivity contribution >= 4 is 40.7 Å². The molecule has 0 spiro atoms. The Labute approximate surface area is 339 Å². The number of H-pyrrole nitrogens is 1. The van der Waals surface area contributed by atoms with Crippen LogP contribution < -0.4 is 16.0 Å². The van der Waals surface area contributed by atoms with E-state index in [1.54, 1.807) is 16.0 Å². The van der Waals surface area contributed by atoms with Crippen LogP contribution in [0.4, 0.5) is 9.59 Å². The Morgan fingerprint density at radius 3 is 1.83 bits per heavy atom. The number of aromatic nitrogens is 2. The summed E-state index contributed by atoms with van der Waals surface area (Å²) in [4.78, 5) is 75.9. The number of methoxy groups -OCH3 is 2. The molecule has 2 aliphatic heterocycles. The van der Waals surface area contributed by atoms with Gasteiger partial charge in [0.1, 0.15) is 23.9 Å². The average Bonchev–Trinajstić information content (AvgIpc) is 4.02. The zero-order valence-electron chi connectivity index (χ0n) is 34.3. The number of carbonyl (C=O) groups excluding carboxylic acids is 5. The van der Waals surface area contributed by atoms with Gasteiger partial charge in [0.2, 0.25) is 17.7 Å². The minimum atomic E-state index is -0.788. The maximum atomic E-state index is 13.6. The van der Waals surface area contributed by atoms with Gasteiger partial charge in [0.05, 0.1) is 38.2 Å². The monoisotopic (exact) mass is 793 g/mol. The van der Waals surface area contributed by atoms with Crippen LogP contribution in [0.2, 0.25) is 0 Å². The highest BCUT2D eigenvalue weighted by Crippen LogP contribution is 2.34. The van der Waals surface area contributed by atoms with E-state index in [4.69, 9.17) is 14.5 Å². The molecule has 5 atom stereocenters. The molecule has 6 rings (SSSR count). The summed E-state index contributed by atoms with van der Waals surface area (Å²) in [5.41, 5.74) is 4.86. The van der Waals surface area contributed by atoms with Gasteiger partial charge in [-0.15, -0.1) is 0 Å². The Balaban J connectivity index is 1.10. The number of benzene rings is 3. The highest BCUT2D eigenvalue weighted by Gasteiger charge is 2.40. The fourth-order valence-corrected chi connectivity index (χ4v) is 7.98. The first-order valence-corrected chi connectivity index (χ1v) is 20.1. The first-order valence-electron chi connectivity index (χ1n) is 20.1. The van der Waals surface area contributed by atoms with Gasteiger partial charge in [0.15, 0.2) is 0 Å². The standard InChI is InChI=1S/C44H55N7O7/c1-25(2)37(48-43(55)57-6)41(53)50-20-8-10-35(50)39-45-24-34(47-39)33-19-18-31-22-30(16-17-32(31)23-33)29-14-12-28(13-15-29)27(5)46-40(52)36-11-9-21-51(36)42(54)38(26(3)4)49-44(56)58-7/h12-19,22-27,35-38H,8-11,20-21H2,1-7H3,(H,45,47)(H,46,52)(H,48,55)(H,49,56)/t27-,35-,36-,37-,38-/m0/s1. The zero-order chi connectivity index (χ0) is 41.7. The first kappa shape index (κ1) is 41.7. The van der Waals surface area contributed by atoms with E-state index < -0.39 is 30.3 Å². The smallest absolute Gasteiger partial charge is 0.407 e. The quantitative estimate of drug-likeness (QED) is 0.126. The lowest BCUT2D eigenvalue weighted by Gasteiger charge is -2.30. The van der Waals surface area contributed by atoms with Crippen LogP contribution in [0.1, 0.15) is 83.8 Å². The van der Waals surface area contributed by atoms with Crippen LogP contribution in [-0.4, -0.2) is 95.1 Å². The van der Waals surface area contributed by atoms with Crippen molar-refractivity contribution < 1.29 is 33.4 Å². The molecule has 0 radical (unpaired) electrons. The van der Waals surface area contributed by atoms with Crippen molar-refractivity contribution in [1.29, 1.82) is 0 Å². The maximum absolute atomic E-state index is 13.6. The Morgan fingerprint density at radius 2 is 1.22 bits per heavy atom. The third-order valence-electron chi connectivity index (χ3n) is 11.3. The summed E-state index contributed by atoms with van der Waals surface area (Å²) in [6.07, 6.45) is 3.37. The number of rotatable bonds is 12. The van der Waals surface area contributed by atoms with E-state index in [1.807, 2.05) is 58.9 Å². The molecular formula is C44H55N7O7. The van der Waals surface area contributed by atoms with E-state index in [2.05, 4.69) is 57.3 Å². The molecule has 0 bridgehead atoms. The summed E-state index contributed by atoms with van der Waals surface area (Å²) >= 11 is 0. The van der Waals surface area contributed by atoms with Crippen LogP contribution in [0.15, 0.2) is 66.9 Å². The summed E-state index contributed by atoms with van der Waals surface area (Å²) in [7, 11) is 2.54. The first-order chi connectivity index (χ1) is 27.8. The molecule has 2 aliphatic rings. The van der Waals surface area contributed by atoms with Gasteiger partial charge in [0, 0.05) is 18.7 Å². The number of alkyl carbamates (subject to hydrolysis) is 2. The maximum Gasteiger partial charge on any atom is 0.407 e. The molecular weight excluding hydrogens is 739 g/mol. The van der Waals surface area contributed by atoms with Gasteiger partial charge in [-0.3, -0.25) is 14.4 Å². The van der Waals surface area contributed by atoms with Crippen LogP contribution in [-0.2, 0) is 23.9 Å². The Kier molecular flexibility index (Phi) is 13.0. The number of hydrogen-bond donors (Lipinski definition) is 4. The minimum absolute atomic E-state index is 0.112. The third kappa shape index (κ3) is 9.11. The Morgan fingerprint density at radius 1 is 0.690 bits per heavy atom. The van der Waals surface area contributed by atoms with Crippen molar-refractivity contribution in [3.8, 4) is 22.4 Å². The number of imidazole rings is 1. The molecule has 5 amide bonds. The van der Waals surface area contributed by atoms with Crippen LogP contribution in [0, 0.1) is 11.8 Å². The lowest BCUT2D eigenvalue weighted by molar-refractivity contribution is -0.141. The average molecular weight is 794 g/mol. The van der Waals surface area contributed by atoms with E-state index in [0.29, 0.717) is 25.9 Å².